The molecule has 1 atom stereocenters. The molecule has 1 amide bonds. The largest absolute Gasteiger partial charge is 0.477 e. The molecule has 2 rings (SSSR count). The van der Waals surface area contributed by atoms with Gasteiger partial charge >= 0.3 is 5.97 Å². The first kappa shape index (κ1) is 21.1. The van der Waals surface area contributed by atoms with Gasteiger partial charge in [0.25, 0.3) is 0 Å². The van der Waals surface area contributed by atoms with Gasteiger partial charge in [-0.1, -0.05) is 13.8 Å². The molecule has 2 aromatic rings. The van der Waals surface area contributed by atoms with Crippen LogP contribution >= 0.6 is 11.3 Å². The molecule has 1 unspecified atom stereocenters. The monoisotopic (exact) mass is 392 g/mol. The lowest BCUT2D eigenvalue weighted by molar-refractivity contribution is -0.121. The van der Waals surface area contributed by atoms with Crippen molar-refractivity contribution in [3.8, 4) is 0 Å². The minimum absolute atomic E-state index is 0.0809. The first-order valence-electron chi connectivity index (χ1n) is 9.13. The van der Waals surface area contributed by atoms with Crippen LogP contribution in [0.2, 0.25) is 0 Å². The maximum Gasteiger partial charge on any atom is 0.347 e. The van der Waals surface area contributed by atoms with Crippen LogP contribution < -0.4 is 5.32 Å². The highest BCUT2D eigenvalue weighted by Crippen LogP contribution is 2.24. The quantitative estimate of drug-likeness (QED) is 0.717. The number of hydrogen-bond acceptors (Lipinski definition) is 5. The van der Waals surface area contributed by atoms with E-state index in [9.17, 15) is 9.59 Å². The van der Waals surface area contributed by atoms with Crippen LogP contribution in [0.4, 0.5) is 0 Å². The number of aromatic carboxylic acids is 1. The third-order valence-electron chi connectivity index (χ3n) is 4.43. The van der Waals surface area contributed by atoms with Crippen molar-refractivity contribution in [2.24, 2.45) is 5.92 Å². The van der Waals surface area contributed by atoms with Gasteiger partial charge in [-0.05, 0) is 45.6 Å². The average Bonchev–Trinajstić information content (AvgIpc) is 3.06. The number of aryl methyl sites for hydroxylation is 2. The number of carboxylic acid groups (broad SMARTS) is 1. The van der Waals surface area contributed by atoms with Crippen molar-refractivity contribution >= 4 is 23.2 Å². The highest BCUT2D eigenvalue weighted by molar-refractivity contribution is 7.13. The van der Waals surface area contributed by atoms with Crippen LogP contribution in [-0.2, 0) is 17.8 Å². The summed E-state index contributed by atoms with van der Waals surface area (Å²) in [5.74, 6) is -0.556. The molecule has 8 heteroatoms. The van der Waals surface area contributed by atoms with Gasteiger partial charge in [0.15, 0.2) is 0 Å². The van der Waals surface area contributed by atoms with Crippen LogP contribution in [0.5, 0.6) is 0 Å². The van der Waals surface area contributed by atoms with Gasteiger partial charge < -0.3 is 10.4 Å². The SMILES string of the molecule is Cc1nc(C(C)NC(=O)CCc2c(C)nn(CC(C)C)c2C)sc1C(=O)O. The van der Waals surface area contributed by atoms with E-state index in [0.717, 1.165) is 34.8 Å². The number of aromatic nitrogens is 3. The number of carboxylic acids is 1. The zero-order valence-electron chi connectivity index (χ0n) is 16.8. The number of hydrogen-bond donors (Lipinski definition) is 2. The predicted octanol–water partition coefficient (Wildman–Crippen LogP) is 3.43. The van der Waals surface area contributed by atoms with E-state index in [-0.39, 0.29) is 16.8 Å². The van der Waals surface area contributed by atoms with Gasteiger partial charge in [-0.15, -0.1) is 11.3 Å². The molecule has 0 aliphatic heterocycles. The Kier molecular flexibility index (Phi) is 6.75. The Balaban J connectivity index is 1.97. The Labute approximate surface area is 163 Å². The van der Waals surface area contributed by atoms with Crippen molar-refractivity contribution < 1.29 is 14.7 Å². The zero-order valence-corrected chi connectivity index (χ0v) is 17.6. The summed E-state index contributed by atoms with van der Waals surface area (Å²) < 4.78 is 2.02. The van der Waals surface area contributed by atoms with Crippen molar-refractivity contribution in [3.63, 3.8) is 0 Å². The summed E-state index contributed by atoms with van der Waals surface area (Å²) in [6.45, 7) is 12.7. The van der Waals surface area contributed by atoms with E-state index in [2.05, 4.69) is 29.2 Å². The van der Waals surface area contributed by atoms with E-state index in [0.29, 0.717) is 29.5 Å². The van der Waals surface area contributed by atoms with Crippen molar-refractivity contribution in [1.29, 1.82) is 0 Å². The fourth-order valence-corrected chi connectivity index (χ4v) is 3.94. The summed E-state index contributed by atoms with van der Waals surface area (Å²) in [6, 6.07) is -0.319. The molecule has 0 spiro atoms. The summed E-state index contributed by atoms with van der Waals surface area (Å²) >= 11 is 1.11. The lowest BCUT2D eigenvalue weighted by Crippen LogP contribution is -2.26. The van der Waals surface area contributed by atoms with Crippen molar-refractivity contribution in [1.82, 2.24) is 20.1 Å². The second-order valence-corrected chi connectivity index (χ2v) is 8.32. The summed E-state index contributed by atoms with van der Waals surface area (Å²) in [5, 5.41) is 17.2. The van der Waals surface area contributed by atoms with Crippen LogP contribution in [0.1, 0.15) is 70.6 Å². The molecule has 0 aliphatic carbocycles. The number of carbonyl (C=O) groups is 2. The Bertz CT molecular complexity index is 838. The third kappa shape index (κ3) is 5.15. The molecule has 27 heavy (non-hydrogen) atoms. The molecular weight excluding hydrogens is 364 g/mol. The van der Waals surface area contributed by atoms with E-state index in [1.54, 1.807) is 6.92 Å². The predicted molar refractivity (Wildman–Crippen MR) is 105 cm³/mol. The Morgan fingerprint density at radius 3 is 2.41 bits per heavy atom. The van der Waals surface area contributed by atoms with E-state index in [1.165, 1.54) is 0 Å². The molecule has 0 radical (unpaired) electrons. The second-order valence-electron chi connectivity index (χ2n) is 7.29. The van der Waals surface area contributed by atoms with Gasteiger partial charge in [0, 0.05) is 18.7 Å². The van der Waals surface area contributed by atoms with Crippen molar-refractivity contribution in [2.45, 2.75) is 67.0 Å². The molecule has 7 nitrogen and oxygen atoms in total. The number of rotatable bonds is 8. The smallest absolute Gasteiger partial charge is 0.347 e. The maximum absolute atomic E-state index is 12.4. The van der Waals surface area contributed by atoms with E-state index in [4.69, 9.17) is 5.11 Å². The molecule has 0 bridgehead atoms. The minimum atomic E-state index is -0.987. The molecule has 0 aliphatic rings. The summed E-state index contributed by atoms with van der Waals surface area (Å²) in [5.41, 5.74) is 3.68. The maximum atomic E-state index is 12.4. The van der Waals surface area contributed by atoms with Gasteiger partial charge in [0.05, 0.1) is 17.4 Å². The highest BCUT2D eigenvalue weighted by atomic mass is 32.1. The third-order valence-corrected chi connectivity index (χ3v) is 5.75. The fourth-order valence-electron chi connectivity index (χ4n) is 3.03. The number of thiazole rings is 1. The number of carbonyl (C=O) groups excluding carboxylic acids is 1. The van der Waals surface area contributed by atoms with Crippen LogP contribution in [0.15, 0.2) is 0 Å². The summed E-state index contributed by atoms with van der Waals surface area (Å²) in [4.78, 5) is 28.0. The van der Waals surface area contributed by atoms with E-state index < -0.39 is 5.97 Å². The number of nitrogens with one attached hydrogen (secondary N) is 1. The standard InChI is InChI=1S/C19H28N4O3S/c1-10(2)9-23-14(6)15(11(3)22-23)7-8-16(24)20-13(5)18-21-12(4)17(27-18)19(25)26/h10,13H,7-9H2,1-6H3,(H,20,24)(H,25,26). The van der Waals surface area contributed by atoms with Crippen LogP contribution in [0.3, 0.4) is 0 Å². The van der Waals surface area contributed by atoms with Crippen molar-refractivity contribution in [3.05, 3.63) is 32.5 Å². The van der Waals surface area contributed by atoms with Gasteiger partial charge in [0.2, 0.25) is 5.91 Å². The van der Waals surface area contributed by atoms with Crippen LogP contribution in [0.25, 0.3) is 0 Å². The Morgan fingerprint density at radius 1 is 1.19 bits per heavy atom. The average molecular weight is 393 g/mol. The first-order chi connectivity index (χ1) is 12.6. The van der Waals surface area contributed by atoms with E-state index >= 15 is 0 Å². The molecule has 148 valence electrons. The van der Waals surface area contributed by atoms with Gasteiger partial charge in [0.1, 0.15) is 9.88 Å². The summed E-state index contributed by atoms with van der Waals surface area (Å²) in [7, 11) is 0. The fraction of sp³-hybridized carbons (Fsp3) is 0.579. The first-order valence-corrected chi connectivity index (χ1v) is 9.94. The topological polar surface area (TPSA) is 97.1 Å². The zero-order chi connectivity index (χ0) is 20.3. The van der Waals surface area contributed by atoms with E-state index in [1.807, 2.05) is 25.5 Å². The van der Waals surface area contributed by atoms with Crippen molar-refractivity contribution in [2.75, 3.05) is 0 Å². The highest BCUT2D eigenvalue weighted by Gasteiger charge is 2.20. The van der Waals surface area contributed by atoms with Crippen LogP contribution in [0, 0.1) is 26.7 Å². The van der Waals surface area contributed by atoms with Crippen LogP contribution in [-0.4, -0.2) is 31.7 Å². The van der Waals surface area contributed by atoms with Gasteiger partial charge in [-0.25, -0.2) is 9.78 Å². The lowest BCUT2D eigenvalue weighted by atomic mass is 10.1. The molecular formula is C19H28N4O3S. The molecule has 0 saturated heterocycles. The molecule has 0 fully saturated rings. The molecule has 0 aromatic carbocycles. The van der Waals surface area contributed by atoms with Gasteiger partial charge in [-0.3, -0.25) is 9.48 Å². The number of nitrogens with zero attached hydrogens (tertiary/aromatic N) is 3. The number of amides is 1. The second kappa shape index (κ2) is 8.65. The Morgan fingerprint density at radius 2 is 1.85 bits per heavy atom. The minimum Gasteiger partial charge on any atom is -0.477 e. The molecule has 0 saturated carbocycles. The van der Waals surface area contributed by atoms with Gasteiger partial charge in [-0.2, -0.15) is 5.10 Å². The molecule has 2 aromatic heterocycles. The Hall–Kier alpha value is -2.22. The normalized spacial score (nSPS) is 12.4. The molecule has 2 heterocycles. The molecule has 2 N–H and O–H groups in total. The lowest BCUT2D eigenvalue weighted by Gasteiger charge is -2.11. The summed E-state index contributed by atoms with van der Waals surface area (Å²) in [6.07, 6.45) is 0.987.